The van der Waals surface area contributed by atoms with E-state index in [4.69, 9.17) is 4.74 Å². The number of allylic oxidation sites excluding steroid dienone is 2. The first-order valence-corrected chi connectivity index (χ1v) is 8.24. The number of aryl methyl sites for hydroxylation is 1. The van der Waals surface area contributed by atoms with Gasteiger partial charge >= 0.3 is 0 Å². The highest BCUT2D eigenvalue weighted by atomic mass is 16.5. The second-order valence-electron chi connectivity index (χ2n) is 6.99. The van der Waals surface area contributed by atoms with Gasteiger partial charge in [0.2, 0.25) is 0 Å². The molecule has 2 aliphatic rings. The van der Waals surface area contributed by atoms with Gasteiger partial charge in [-0.3, -0.25) is 0 Å². The van der Waals surface area contributed by atoms with Gasteiger partial charge in [0, 0.05) is 5.92 Å². The minimum Gasteiger partial charge on any atom is -0.485 e. The summed E-state index contributed by atoms with van der Waals surface area (Å²) in [4.78, 5) is 0. The Hall–Kier alpha value is -1.50. The van der Waals surface area contributed by atoms with E-state index >= 15 is 0 Å². The molecule has 1 aromatic carbocycles. The van der Waals surface area contributed by atoms with Gasteiger partial charge in [-0.25, -0.2) is 0 Å². The Balaban J connectivity index is 1.89. The normalized spacial score (nSPS) is 24.2. The molecule has 0 saturated carbocycles. The van der Waals surface area contributed by atoms with Crippen LogP contribution in [0.3, 0.4) is 0 Å². The van der Waals surface area contributed by atoms with Crippen LogP contribution in [0.15, 0.2) is 42.0 Å². The molecule has 0 radical (unpaired) electrons. The van der Waals surface area contributed by atoms with Crippen LogP contribution in [0, 0.1) is 11.8 Å². The molecule has 1 aliphatic carbocycles. The molecule has 1 nitrogen and oxygen atoms in total. The van der Waals surface area contributed by atoms with Crippen LogP contribution in [-0.4, -0.2) is 6.10 Å². The van der Waals surface area contributed by atoms with Crippen molar-refractivity contribution in [3.63, 3.8) is 0 Å². The maximum absolute atomic E-state index is 6.35. The molecule has 0 spiro atoms. The van der Waals surface area contributed by atoms with E-state index in [0.29, 0.717) is 17.8 Å². The number of hydrogen-bond donors (Lipinski definition) is 0. The van der Waals surface area contributed by atoms with Crippen molar-refractivity contribution in [2.24, 2.45) is 11.8 Å². The van der Waals surface area contributed by atoms with E-state index in [2.05, 4.69) is 64.1 Å². The van der Waals surface area contributed by atoms with Crippen molar-refractivity contribution in [1.82, 2.24) is 0 Å². The topological polar surface area (TPSA) is 9.23 Å². The number of hydrogen-bond acceptors (Lipinski definition) is 1. The van der Waals surface area contributed by atoms with E-state index < -0.39 is 0 Å². The lowest BCUT2D eigenvalue weighted by Crippen LogP contribution is -2.25. The van der Waals surface area contributed by atoms with E-state index in [9.17, 15) is 0 Å². The number of rotatable bonds is 2. The van der Waals surface area contributed by atoms with Gasteiger partial charge in [-0.05, 0) is 53.5 Å². The highest BCUT2D eigenvalue weighted by molar-refractivity contribution is 5.41. The molecule has 0 amide bonds. The van der Waals surface area contributed by atoms with E-state index in [-0.39, 0.29) is 6.10 Å². The van der Waals surface area contributed by atoms with Gasteiger partial charge in [0.15, 0.2) is 0 Å². The van der Waals surface area contributed by atoms with Crippen molar-refractivity contribution in [3.05, 3.63) is 53.1 Å². The van der Waals surface area contributed by atoms with Gasteiger partial charge in [-0.15, -0.1) is 0 Å². The summed E-state index contributed by atoms with van der Waals surface area (Å²) in [5, 5.41) is 0. The third-order valence-corrected chi connectivity index (χ3v) is 4.74. The van der Waals surface area contributed by atoms with Gasteiger partial charge in [0.1, 0.15) is 11.9 Å². The third-order valence-electron chi connectivity index (χ3n) is 4.74. The number of benzene rings is 1. The molecule has 1 heterocycles. The lowest BCUT2D eigenvalue weighted by molar-refractivity contribution is 0.203. The van der Waals surface area contributed by atoms with Crippen LogP contribution in [0.25, 0.3) is 0 Å². The molecule has 1 aromatic rings. The van der Waals surface area contributed by atoms with Gasteiger partial charge in [-0.1, -0.05) is 52.0 Å². The highest BCUT2D eigenvalue weighted by Crippen LogP contribution is 2.35. The lowest BCUT2D eigenvalue weighted by atomic mass is 9.86. The van der Waals surface area contributed by atoms with Crippen LogP contribution in [0.5, 0.6) is 5.75 Å². The molecular weight excluding hydrogens is 256 g/mol. The van der Waals surface area contributed by atoms with Crippen LogP contribution in [0.2, 0.25) is 0 Å². The fourth-order valence-corrected chi connectivity index (χ4v) is 3.22. The summed E-state index contributed by atoms with van der Waals surface area (Å²) in [6, 6.07) is 6.73. The lowest BCUT2D eigenvalue weighted by Gasteiger charge is -2.26. The Labute approximate surface area is 128 Å². The standard InChI is InChI=1S/C20H26O/c1-13(2)16-9-10-19-18(11-16)8-6-15-5-7-17(14(3)4)12-20(15)21-19/h5,7,9-15,20H,6,8H2,1-4H3. The number of ether oxygens (including phenoxy) is 1. The SMILES string of the molecule is CC(C)C1=CC2Oc3ccc(C(C)C)cc3CCC2C=C1. The Kier molecular flexibility index (Phi) is 3.93. The molecule has 3 rings (SSSR count). The van der Waals surface area contributed by atoms with Crippen molar-refractivity contribution in [1.29, 1.82) is 0 Å². The summed E-state index contributed by atoms with van der Waals surface area (Å²) in [5.74, 6) is 2.74. The van der Waals surface area contributed by atoms with E-state index in [0.717, 1.165) is 12.2 Å². The molecule has 21 heavy (non-hydrogen) atoms. The minimum absolute atomic E-state index is 0.207. The maximum atomic E-state index is 6.35. The van der Waals surface area contributed by atoms with E-state index in [1.54, 1.807) is 0 Å². The Morgan fingerprint density at radius 3 is 2.62 bits per heavy atom. The zero-order valence-electron chi connectivity index (χ0n) is 13.6. The average molecular weight is 282 g/mol. The zero-order chi connectivity index (χ0) is 15.0. The largest absolute Gasteiger partial charge is 0.485 e. The number of fused-ring (bicyclic) bond motifs is 2. The van der Waals surface area contributed by atoms with Crippen LogP contribution in [-0.2, 0) is 6.42 Å². The second kappa shape index (κ2) is 5.71. The zero-order valence-corrected chi connectivity index (χ0v) is 13.6. The molecule has 1 aliphatic heterocycles. The minimum atomic E-state index is 0.207. The first kappa shape index (κ1) is 14.4. The summed E-state index contributed by atoms with van der Waals surface area (Å²) in [7, 11) is 0. The average Bonchev–Trinajstić information content (AvgIpc) is 2.64. The van der Waals surface area contributed by atoms with Crippen LogP contribution >= 0.6 is 0 Å². The summed E-state index contributed by atoms with van der Waals surface area (Å²) in [5.41, 5.74) is 4.19. The molecule has 1 heteroatoms. The summed E-state index contributed by atoms with van der Waals surface area (Å²) in [6.07, 6.45) is 9.49. The van der Waals surface area contributed by atoms with Crippen molar-refractivity contribution in [2.45, 2.75) is 52.6 Å². The Morgan fingerprint density at radius 1 is 1.10 bits per heavy atom. The van der Waals surface area contributed by atoms with E-state index in [1.165, 1.54) is 23.1 Å². The predicted molar refractivity (Wildman–Crippen MR) is 88.8 cm³/mol. The van der Waals surface area contributed by atoms with Crippen LogP contribution in [0.4, 0.5) is 0 Å². The van der Waals surface area contributed by atoms with Crippen LogP contribution < -0.4 is 4.74 Å². The van der Waals surface area contributed by atoms with Gasteiger partial charge < -0.3 is 4.74 Å². The maximum Gasteiger partial charge on any atom is 0.124 e. The van der Waals surface area contributed by atoms with Crippen molar-refractivity contribution in [2.75, 3.05) is 0 Å². The van der Waals surface area contributed by atoms with Crippen molar-refractivity contribution < 1.29 is 4.74 Å². The highest BCUT2D eigenvalue weighted by Gasteiger charge is 2.27. The molecule has 0 N–H and O–H groups in total. The van der Waals surface area contributed by atoms with Gasteiger partial charge in [0.05, 0.1) is 0 Å². The molecule has 0 bridgehead atoms. The monoisotopic (exact) mass is 282 g/mol. The molecule has 2 atom stereocenters. The smallest absolute Gasteiger partial charge is 0.124 e. The Morgan fingerprint density at radius 2 is 1.90 bits per heavy atom. The molecule has 2 unspecified atom stereocenters. The van der Waals surface area contributed by atoms with Crippen molar-refractivity contribution in [3.8, 4) is 5.75 Å². The summed E-state index contributed by atoms with van der Waals surface area (Å²) in [6.45, 7) is 8.99. The first-order chi connectivity index (χ1) is 10.0. The third kappa shape index (κ3) is 2.92. The van der Waals surface area contributed by atoms with Gasteiger partial charge in [0.25, 0.3) is 0 Å². The molecule has 0 fully saturated rings. The molecule has 0 aromatic heterocycles. The summed E-state index contributed by atoms with van der Waals surface area (Å²) < 4.78 is 6.35. The first-order valence-electron chi connectivity index (χ1n) is 8.24. The molecule has 112 valence electrons. The molecular formula is C20H26O. The summed E-state index contributed by atoms with van der Waals surface area (Å²) >= 11 is 0. The van der Waals surface area contributed by atoms with Crippen LogP contribution in [0.1, 0.15) is 51.2 Å². The Bertz CT molecular complexity index is 578. The van der Waals surface area contributed by atoms with Gasteiger partial charge in [-0.2, -0.15) is 0 Å². The van der Waals surface area contributed by atoms with E-state index in [1.807, 2.05) is 0 Å². The van der Waals surface area contributed by atoms with Crippen molar-refractivity contribution >= 4 is 0 Å². The quantitative estimate of drug-likeness (QED) is 0.718. The second-order valence-corrected chi connectivity index (χ2v) is 6.99. The molecule has 0 saturated heterocycles. The fraction of sp³-hybridized carbons (Fsp3) is 0.500. The predicted octanol–water partition coefficient (Wildman–Crippen LogP) is 5.27. The fourth-order valence-electron chi connectivity index (χ4n) is 3.22.